The molecule has 2 N–H and O–H groups in total. The Morgan fingerprint density at radius 2 is 2.10 bits per heavy atom. The molecule has 6 heteroatoms. The lowest BCUT2D eigenvalue weighted by molar-refractivity contribution is -0.149. The summed E-state index contributed by atoms with van der Waals surface area (Å²) in [7, 11) is 0. The Morgan fingerprint density at radius 1 is 1.45 bits per heavy atom. The summed E-state index contributed by atoms with van der Waals surface area (Å²) >= 11 is 7.17. The summed E-state index contributed by atoms with van der Waals surface area (Å²) in [6.45, 7) is 2.11. The number of aliphatic carboxylic acids is 1. The molecule has 0 unspecified atom stereocenters. The van der Waals surface area contributed by atoms with E-state index in [4.69, 9.17) is 11.6 Å². The zero-order chi connectivity index (χ0) is 14.8. The first kappa shape index (κ1) is 15.3. The van der Waals surface area contributed by atoms with Gasteiger partial charge in [-0.1, -0.05) is 18.5 Å². The van der Waals surface area contributed by atoms with Crippen molar-refractivity contribution >= 4 is 34.8 Å². The molecule has 0 radical (unpaired) electrons. The van der Waals surface area contributed by atoms with Crippen LogP contribution in [0.15, 0.2) is 12.1 Å². The van der Waals surface area contributed by atoms with Crippen LogP contribution in [0.5, 0.6) is 0 Å². The average molecular weight is 316 g/mol. The summed E-state index contributed by atoms with van der Waals surface area (Å²) < 4.78 is 0.632. The van der Waals surface area contributed by atoms with Gasteiger partial charge in [0, 0.05) is 4.88 Å². The van der Waals surface area contributed by atoms with Crippen molar-refractivity contribution in [3.8, 4) is 0 Å². The van der Waals surface area contributed by atoms with Crippen molar-refractivity contribution in [2.45, 2.75) is 44.6 Å². The molecule has 1 amide bonds. The maximum atomic E-state index is 12.1. The fourth-order valence-electron chi connectivity index (χ4n) is 2.56. The molecule has 1 aliphatic rings. The number of carboxylic acids is 1. The molecule has 0 spiro atoms. The number of amides is 1. The van der Waals surface area contributed by atoms with Crippen LogP contribution >= 0.6 is 22.9 Å². The minimum atomic E-state index is -1.09. The van der Waals surface area contributed by atoms with Gasteiger partial charge in [-0.05, 0) is 43.7 Å². The van der Waals surface area contributed by atoms with E-state index < -0.39 is 11.5 Å². The second-order valence-corrected chi connectivity index (χ2v) is 7.30. The molecule has 110 valence electrons. The summed E-state index contributed by atoms with van der Waals surface area (Å²) in [5.74, 6) is -0.655. The van der Waals surface area contributed by atoms with Gasteiger partial charge in [-0.15, -0.1) is 11.3 Å². The van der Waals surface area contributed by atoms with Gasteiger partial charge in [0.15, 0.2) is 0 Å². The van der Waals surface area contributed by atoms with E-state index in [-0.39, 0.29) is 12.3 Å². The maximum Gasteiger partial charge on any atom is 0.329 e. The third-order valence-corrected chi connectivity index (χ3v) is 5.11. The Hall–Kier alpha value is -1.07. The molecule has 1 saturated carbocycles. The molecule has 20 heavy (non-hydrogen) atoms. The van der Waals surface area contributed by atoms with Gasteiger partial charge in [0.25, 0.3) is 0 Å². The topological polar surface area (TPSA) is 66.4 Å². The van der Waals surface area contributed by atoms with Crippen molar-refractivity contribution in [1.82, 2.24) is 5.32 Å². The van der Waals surface area contributed by atoms with Crippen molar-refractivity contribution in [3.05, 3.63) is 21.3 Å². The smallest absolute Gasteiger partial charge is 0.329 e. The Labute approximate surface area is 127 Å². The summed E-state index contributed by atoms with van der Waals surface area (Å²) in [6.07, 6.45) is 2.84. The third-order valence-electron chi connectivity index (χ3n) is 3.88. The van der Waals surface area contributed by atoms with Crippen LogP contribution < -0.4 is 5.32 Å². The highest BCUT2D eigenvalue weighted by molar-refractivity contribution is 7.16. The highest BCUT2D eigenvalue weighted by Crippen LogP contribution is 2.32. The SMILES string of the molecule is CC1CCC(NC(=O)Cc2ccc(Cl)s2)(C(=O)O)CC1. The van der Waals surface area contributed by atoms with Gasteiger partial charge in [0.05, 0.1) is 10.8 Å². The number of carboxylic acid groups (broad SMARTS) is 1. The van der Waals surface area contributed by atoms with Gasteiger partial charge in [-0.3, -0.25) is 4.79 Å². The highest BCUT2D eigenvalue weighted by atomic mass is 35.5. The van der Waals surface area contributed by atoms with Gasteiger partial charge >= 0.3 is 5.97 Å². The van der Waals surface area contributed by atoms with E-state index in [1.165, 1.54) is 11.3 Å². The summed E-state index contributed by atoms with van der Waals surface area (Å²) in [4.78, 5) is 24.5. The molecule has 0 aromatic carbocycles. The predicted octanol–water partition coefficient (Wildman–Crippen LogP) is 3.09. The van der Waals surface area contributed by atoms with Crippen LogP contribution in [0.3, 0.4) is 0 Å². The van der Waals surface area contributed by atoms with Crippen molar-refractivity contribution in [3.63, 3.8) is 0 Å². The van der Waals surface area contributed by atoms with Crippen molar-refractivity contribution in [2.24, 2.45) is 5.92 Å². The molecule has 0 atom stereocenters. The van der Waals surface area contributed by atoms with Crippen molar-refractivity contribution in [2.75, 3.05) is 0 Å². The first-order valence-electron chi connectivity index (χ1n) is 6.70. The maximum absolute atomic E-state index is 12.1. The number of nitrogens with one attached hydrogen (secondary N) is 1. The largest absolute Gasteiger partial charge is 0.480 e. The number of thiophene rings is 1. The highest BCUT2D eigenvalue weighted by Gasteiger charge is 2.42. The van der Waals surface area contributed by atoms with Crippen LogP contribution in [0.4, 0.5) is 0 Å². The Kier molecular flexibility index (Phi) is 4.70. The van der Waals surface area contributed by atoms with Crippen LogP contribution in [-0.2, 0) is 16.0 Å². The molecule has 0 aliphatic heterocycles. The first-order valence-corrected chi connectivity index (χ1v) is 7.89. The fraction of sp³-hybridized carbons (Fsp3) is 0.571. The van der Waals surface area contributed by atoms with E-state index in [1.54, 1.807) is 12.1 Å². The molecular weight excluding hydrogens is 298 g/mol. The Balaban J connectivity index is 2.01. The van der Waals surface area contributed by atoms with Gasteiger partial charge < -0.3 is 10.4 Å². The number of carbonyl (C=O) groups is 2. The fourth-order valence-corrected chi connectivity index (χ4v) is 3.65. The van der Waals surface area contributed by atoms with Crippen LogP contribution in [-0.4, -0.2) is 22.5 Å². The quantitative estimate of drug-likeness (QED) is 0.897. The van der Waals surface area contributed by atoms with Gasteiger partial charge in [-0.25, -0.2) is 4.79 Å². The molecule has 1 aromatic rings. The number of hydrogen-bond acceptors (Lipinski definition) is 3. The van der Waals surface area contributed by atoms with Gasteiger partial charge in [-0.2, -0.15) is 0 Å². The lowest BCUT2D eigenvalue weighted by Crippen LogP contribution is -2.56. The van der Waals surface area contributed by atoms with Crippen LogP contribution in [0, 0.1) is 5.92 Å². The second-order valence-electron chi connectivity index (χ2n) is 5.50. The zero-order valence-electron chi connectivity index (χ0n) is 11.3. The van der Waals surface area contributed by atoms with E-state index >= 15 is 0 Å². The van der Waals surface area contributed by atoms with Crippen LogP contribution in [0.25, 0.3) is 0 Å². The molecular formula is C14H18ClNO3S. The molecule has 1 aliphatic carbocycles. The number of carbonyl (C=O) groups excluding carboxylic acids is 1. The monoisotopic (exact) mass is 315 g/mol. The molecule has 2 rings (SSSR count). The summed E-state index contributed by atoms with van der Waals surface area (Å²) in [5.41, 5.74) is -1.09. The van der Waals surface area contributed by atoms with Crippen molar-refractivity contribution in [1.29, 1.82) is 0 Å². The van der Waals surface area contributed by atoms with E-state index in [2.05, 4.69) is 12.2 Å². The minimum absolute atomic E-state index is 0.183. The first-order chi connectivity index (χ1) is 9.41. The van der Waals surface area contributed by atoms with Crippen molar-refractivity contribution < 1.29 is 14.7 Å². The second kappa shape index (κ2) is 6.14. The van der Waals surface area contributed by atoms with Gasteiger partial charge in [0.2, 0.25) is 5.91 Å². The third kappa shape index (κ3) is 3.52. The summed E-state index contributed by atoms with van der Waals surface area (Å²) in [6, 6.07) is 3.53. The number of hydrogen-bond donors (Lipinski definition) is 2. The molecule has 4 nitrogen and oxygen atoms in total. The van der Waals surface area contributed by atoms with Gasteiger partial charge in [0.1, 0.15) is 5.54 Å². The van der Waals surface area contributed by atoms with E-state index in [9.17, 15) is 14.7 Å². The lowest BCUT2D eigenvalue weighted by atomic mass is 9.77. The molecule has 0 saturated heterocycles. The zero-order valence-corrected chi connectivity index (χ0v) is 12.9. The standard InChI is InChI=1S/C14H18ClNO3S/c1-9-4-6-14(7-5-9,13(18)19)16-12(17)8-10-2-3-11(15)20-10/h2-3,9H,4-8H2,1H3,(H,16,17)(H,18,19). The van der Waals surface area contributed by atoms with Crippen LogP contribution in [0.1, 0.15) is 37.5 Å². The lowest BCUT2D eigenvalue weighted by Gasteiger charge is -2.36. The predicted molar refractivity (Wildman–Crippen MR) is 79.2 cm³/mol. The van der Waals surface area contributed by atoms with E-state index in [1.807, 2.05) is 0 Å². The number of halogens is 1. The molecule has 1 aromatic heterocycles. The Bertz CT molecular complexity index is 506. The number of rotatable bonds is 4. The minimum Gasteiger partial charge on any atom is -0.480 e. The average Bonchev–Trinajstić information content (AvgIpc) is 2.77. The molecule has 0 bridgehead atoms. The van der Waals surface area contributed by atoms with E-state index in [0.717, 1.165) is 17.7 Å². The molecule has 1 fully saturated rings. The molecule has 1 heterocycles. The van der Waals surface area contributed by atoms with E-state index in [0.29, 0.717) is 23.1 Å². The summed E-state index contributed by atoms with van der Waals surface area (Å²) in [5, 5.41) is 12.2. The normalized spacial score (nSPS) is 26.2. The Morgan fingerprint density at radius 3 is 2.60 bits per heavy atom. The van der Waals surface area contributed by atoms with Crippen LogP contribution in [0.2, 0.25) is 4.34 Å².